The van der Waals surface area contributed by atoms with Crippen molar-refractivity contribution in [2.45, 2.75) is 6.92 Å². The van der Waals surface area contributed by atoms with Crippen molar-refractivity contribution < 1.29 is 23.5 Å². The van der Waals surface area contributed by atoms with Crippen LogP contribution < -0.4 is 14.8 Å². The van der Waals surface area contributed by atoms with Crippen LogP contribution in [0.1, 0.15) is 17.5 Å². The summed E-state index contributed by atoms with van der Waals surface area (Å²) in [5.74, 6) is 0.798. The van der Waals surface area contributed by atoms with Gasteiger partial charge < -0.3 is 29.0 Å². The Morgan fingerprint density at radius 3 is 2.38 bits per heavy atom. The molecule has 1 saturated heterocycles. The molecule has 4 rings (SSSR count). The van der Waals surface area contributed by atoms with Gasteiger partial charge in [0.05, 0.1) is 7.11 Å². The molecule has 8 heteroatoms. The number of ether oxygens (including phenoxy) is 2. The second-order valence-electron chi connectivity index (χ2n) is 7.54. The van der Waals surface area contributed by atoms with Crippen molar-refractivity contribution in [2.75, 3.05) is 51.8 Å². The van der Waals surface area contributed by atoms with E-state index >= 15 is 0 Å². The van der Waals surface area contributed by atoms with Crippen molar-refractivity contribution >= 4 is 28.5 Å². The van der Waals surface area contributed by atoms with Crippen LogP contribution >= 0.6 is 0 Å². The zero-order valence-electron chi connectivity index (χ0n) is 18.3. The van der Waals surface area contributed by atoms with Gasteiger partial charge in [-0.25, -0.2) is 0 Å². The van der Waals surface area contributed by atoms with E-state index in [4.69, 9.17) is 13.9 Å². The van der Waals surface area contributed by atoms with Gasteiger partial charge in [-0.2, -0.15) is 0 Å². The quantitative estimate of drug-likeness (QED) is 0.611. The fourth-order valence-electron chi connectivity index (χ4n) is 3.73. The fourth-order valence-corrected chi connectivity index (χ4v) is 3.73. The normalized spacial score (nSPS) is 14.4. The number of amides is 2. The molecule has 2 amide bonds. The summed E-state index contributed by atoms with van der Waals surface area (Å²) < 4.78 is 16.6. The monoisotopic (exact) mass is 437 g/mol. The second-order valence-corrected chi connectivity index (χ2v) is 7.54. The molecular weight excluding hydrogens is 410 g/mol. The predicted octanol–water partition coefficient (Wildman–Crippen LogP) is 3.24. The van der Waals surface area contributed by atoms with E-state index in [1.54, 1.807) is 42.3 Å². The zero-order chi connectivity index (χ0) is 22.5. The SMILES string of the molecule is CCN1CCN(C(=O)c2oc3ccccc3c2NC(=O)COc2ccc(OC)cc2)CC1. The van der Waals surface area contributed by atoms with Crippen LogP contribution in [-0.2, 0) is 4.79 Å². The number of hydrogen-bond acceptors (Lipinski definition) is 6. The number of likely N-dealkylation sites (N-methyl/N-ethyl adjacent to an activating group) is 1. The highest BCUT2D eigenvalue weighted by atomic mass is 16.5. The molecule has 8 nitrogen and oxygen atoms in total. The first-order valence-corrected chi connectivity index (χ1v) is 10.7. The Bertz CT molecular complexity index is 1080. The Kier molecular flexibility index (Phi) is 6.61. The fraction of sp³-hybridized carbons (Fsp3) is 0.333. The van der Waals surface area contributed by atoms with Crippen molar-refractivity contribution in [3.8, 4) is 11.5 Å². The van der Waals surface area contributed by atoms with Gasteiger partial charge in [-0.1, -0.05) is 19.1 Å². The molecule has 1 aliphatic rings. The summed E-state index contributed by atoms with van der Waals surface area (Å²) in [7, 11) is 1.58. The number of hydrogen-bond donors (Lipinski definition) is 1. The third-order valence-corrected chi connectivity index (χ3v) is 5.59. The smallest absolute Gasteiger partial charge is 0.291 e. The highest BCUT2D eigenvalue weighted by Gasteiger charge is 2.28. The van der Waals surface area contributed by atoms with Crippen LogP contribution in [-0.4, -0.2) is 68.1 Å². The van der Waals surface area contributed by atoms with Crippen LogP contribution in [0.15, 0.2) is 52.9 Å². The predicted molar refractivity (Wildman–Crippen MR) is 121 cm³/mol. The van der Waals surface area contributed by atoms with E-state index in [9.17, 15) is 9.59 Å². The van der Waals surface area contributed by atoms with Crippen LogP contribution in [0, 0.1) is 0 Å². The topological polar surface area (TPSA) is 84.2 Å². The van der Waals surface area contributed by atoms with Gasteiger partial charge in [-0.05, 0) is 42.9 Å². The molecular formula is C24H27N3O5. The number of anilines is 1. The first-order chi connectivity index (χ1) is 15.6. The third kappa shape index (κ3) is 4.70. The number of carbonyl (C=O) groups excluding carboxylic acids is 2. The number of para-hydroxylation sites is 1. The molecule has 0 spiro atoms. The third-order valence-electron chi connectivity index (χ3n) is 5.59. The number of fused-ring (bicyclic) bond motifs is 1. The molecule has 0 unspecified atom stereocenters. The minimum Gasteiger partial charge on any atom is -0.497 e. The molecule has 2 heterocycles. The maximum atomic E-state index is 13.2. The van der Waals surface area contributed by atoms with Gasteiger partial charge in [0.2, 0.25) is 5.76 Å². The summed E-state index contributed by atoms with van der Waals surface area (Å²) in [5.41, 5.74) is 0.932. The molecule has 1 aliphatic heterocycles. The van der Waals surface area contributed by atoms with Gasteiger partial charge >= 0.3 is 0 Å². The highest BCUT2D eigenvalue weighted by molar-refractivity contribution is 6.11. The second kappa shape index (κ2) is 9.74. The summed E-state index contributed by atoms with van der Waals surface area (Å²) in [6, 6.07) is 14.2. The van der Waals surface area contributed by atoms with Crippen LogP contribution in [0.5, 0.6) is 11.5 Å². The van der Waals surface area contributed by atoms with E-state index in [1.165, 1.54) is 0 Å². The molecule has 1 fully saturated rings. The Morgan fingerprint density at radius 1 is 1.00 bits per heavy atom. The number of nitrogens with zero attached hydrogens (tertiary/aromatic N) is 2. The van der Waals surface area contributed by atoms with E-state index in [-0.39, 0.29) is 24.2 Å². The molecule has 32 heavy (non-hydrogen) atoms. The molecule has 0 aliphatic carbocycles. The number of nitrogens with one attached hydrogen (secondary N) is 1. The van der Waals surface area contributed by atoms with Gasteiger partial charge in [0.15, 0.2) is 6.61 Å². The lowest BCUT2D eigenvalue weighted by molar-refractivity contribution is -0.118. The lowest BCUT2D eigenvalue weighted by Gasteiger charge is -2.33. The van der Waals surface area contributed by atoms with E-state index in [0.29, 0.717) is 41.2 Å². The Morgan fingerprint density at radius 2 is 1.69 bits per heavy atom. The number of carbonyl (C=O) groups is 2. The molecule has 1 N–H and O–H groups in total. The van der Waals surface area contributed by atoms with Gasteiger partial charge in [-0.3, -0.25) is 9.59 Å². The van der Waals surface area contributed by atoms with Crippen molar-refractivity contribution in [2.24, 2.45) is 0 Å². The van der Waals surface area contributed by atoms with Crippen LogP contribution in [0.3, 0.4) is 0 Å². The largest absolute Gasteiger partial charge is 0.497 e. The number of benzene rings is 2. The van der Waals surface area contributed by atoms with Gasteiger partial charge in [0.25, 0.3) is 11.8 Å². The molecule has 0 bridgehead atoms. The Balaban J connectivity index is 1.49. The zero-order valence-corrected chi connectivity index (χ0v) is 18.3. The van der Waals surface area contributed by atoms with Crippen LogP contribution in [0.25, 0.3) is 11.0 Å². The lowest BCUT2D eigenvalue weighted by atomic mass is 10.2. The van der Waals surface area contributed by atoms with Crippen molar-refractivity contribution in [1.82, 2.24) is 9.80 Å². The van der Waals surface area contributed by atoms with Crippen molar-refractivity contribution in [3.63, 3.8) is 0 Å². The molecule has 1 aromatic heterocycles. The number of methoxy groups -OCH3 is 1. The van der Waals surface area contributed by atoms with E-state index in [0.717, 1.165) is 19.6 Å². The molecule has 0 saturated carbocycles. The molecule has 3 aromatic rings. The standard InChI is InChI=1S/C24H27N3O5/c1-3-26-12-14-27(15-13-26)24(29)23-22(19-6-4-5-7-20(19)32-23)25-21(28)16-31-18-10-8-17(30-2)9-11-18/h4-11H,3,12-16H2,1-2H3,(H,25,28). The van der Waals surface area contributed by atoms with Gasteiger partial charge in [0, 0.05) is 31.6 Å². The maximum Gasteiger partial charge on any atom is 0.291 e. The van der Waals surface area contributed by atoms with Gasteiger partial charge in [0.1, 0.15) is 22.8 Å². The first-order valence-electron chi connectivity index (χ1n) is 10.7. The Hall–Kier alpha value is -3.52. The highest BCUT2D eigenvalue weighted by Crippen LogP contribution is 2.32. The number of piperazine rings is 1. The molecule has 2 aromatic carbocycles. The number of rotatable bonds is 7. The number of furan rings is 1. The van der Waals surface area contributed by atoms with E-state index < -0.39 is 0 Å². The first kappa shape index (κ1) is 21.7. The molecule has 168 valence electrons. The minimum atomic E-state index is -0.378. The van der Waals surface area contributed by atoms with Crippen LogP contribution in [0.4, 0.5) is 5.69 Å². The van der Waals surface area contributed by atoms with E-state index in [2.05, 4.69) is 17.1 Å². The Labute approximate surface area is 186 Å². The minimum absolute atomic E-state index is 0.147. The van der Waals surface area contributed by atoms with Crippen LogP contribution in [0.2, 0.25) is 0 Å². The summed E-state index contributed by atoms with van der Waals surface area (Å²) in [6.45, 7) is 5.75. The summed E-state index contributed by atoms with van der Waals surface area (Å²) in [5, 5.41) is 3.51. The average molecular weight is 437 g/mol. The lowest BCUT2D eigenvalue weighted by Crippen LogP contribution is -2.48. The van der Waals surface area contributed by atoms with Gasteiger partial charge in [-0.15, -0.1) is 0 Å². The maximum absolute atomic E-state index is 13.2. The van der Waals surface area contributed by atoms with E-state index in [1.807, 2.05) is 18.2 Å². The van der Waals surface area contributed by atoms with Crippen molar-refractivity contribution in [1.29, 1.82) is 0 Å². The summed E-state index contributed by atoms with van der Waals surface area (Å²) in [6.07, 6.45) is 0. The average Bonchev–Trinajstić information content (AvgIpc) is 3.21. The molecule has 0 radical (unpaired) electrons. The summed E-state index contributed by atoms with van der Waals surface area (Å²) in [4.78, 5) is 29.9. The summed E-state index contributed by atoms with van der Waals surface area (Å²) >= 11 is 0. The van der Waals surface area contributed by atoms with Crippen molar-refractivity contribution in [3.05, 3.63) is 54.3 Å². The molecule has 0 atom stereocenters.